The predicted octanol–water partition coefficient (Wildman–Crippen LogP) is 5.87. The quantitative estimate of drug-likeness (QED) is 0.541. The maximum atomic E-state index is 13.7. The SMILES string of the molecule is Cc1cc(C)cc(N2C(=O)C(c3ccc(Cl)cc3Cl)=C(N3CC(C)CC(C)C3)C2=O)c1. The molecule has 1 fully saturated rings. The second-order valence-corrected chi connectivity index (χ2v) is 9.83. The zero-order valence-electron chi connectivity index (χ0n) is 18.2. The highest BCUT2D eigenvalue weighted by Gasteiger charge is 2.44. The van der Waals surface area contributed by atoms with Crippen LogP contribution in [0.4, 0.5) is 5.69 Å². The van der Waals surface area contributed by atoms with Crippen LogP contribution in [0.1, 0.15) is 37.0 Å². The zero-order valence-corrected chi connectivity index (χ0v) is 19.7. The van der Waals surface area contributed by atoms with E-state index in [4.69, 9.17) is 23.2 Å². The van der Waals surface area contributed by atoms with Gasteiger partial charge in [0.05, 0.1) is 16.3 Å². The number of likely N-dealkylation sites (tertiary alicyclic amines) is 1. The van der Waals surface area contributed by atoms with Gasteiger partial charge in [0.1, 0.15) is 5.70 Å². The van der Waals surface area contributed by atoms with Crippen molar-refractivity contribution in [3.8, 4) is 0 Å². The van der Waals surface area contributed by atoms with Gasteiger partial charge in [-0.3, -0.25) is 9.59 Å². The van der Waals surface area contributed by atoms with Crippen molar-refractivity contribution in [1.82, 2.24) is 4.90 Å². The van der Waals surface area contributed by atoms with Crippen LogP contribution in [0.5, 0.6) is 0 Å². The van der Waals surface area contributed by atoms with E-state index >= 15 is 0 Å². The number of anilines is 1. The number of piperidine rings is 1. The van der Waals surface area contributed by atoms with E-state index in [2.05, 4.69) is 18.7 Å². The first kappa shape index (κ1) is 21.9. The number of imide groups is 1. The molecule has 0 spiro atoms. The van der Waals surface area contributed by atoms with E-state index in [0.29, 0.717) is 44.4 Å². The molecule has 2 amide bonds. The second-order valence-electron chi connectivity index (χ2n) is 8.99. The Kier molecular flexibility index (Phi) is 5.89. The van der Waals surface area contributed by atoms with Gasteiger partial charge in [0.15, 0.2) is 0 Å². The molecule has 4 nitrogen and oxygen atoms in total. The maximum absolute atomic E-state index is 13.7. The Hall–Kier alpha value is -2.30. The standard InChI is InChI=1S/C25H26Cl2N2O2/c1-14-7-15(2)10-19(9-14)29-24(30)22(20-6-5-18(26)11-21(20)27)23(25(29)31)28-12-16(3)8-17(4)13-28/h5-7,9-11,16-17H,8,12-13H2,1-4H3. The number of amides is 2. The second kappa shape index (κ2) is 8.33. The highest BCUT2D eigenvalue weighted by atomic mass is 35.5. The van der Waals surface area contributed by atoms with Crippen LogP contribution in [-0.4, -0.2) is 29.8 Å². The average molecular weight is 457 g/mol. The minimum atomic E-state index is -0.347. The monoisotopic (exact) mass is 456 g/mol. The summed E-state index contributed by atoms with van der Waals surface area (Å²) in [5, 5.41) is 0.848. The topological polar surface area (TPSA) is 40.6 Å². The van der Waals surface area contributed by atoms with Gasteiger partial charge in [0.25, 0.3) is 11.8 Å². The lowest BCUT2D eigenvalue weighted by molar-refractivity contribution is -0.120. The third-order valence-corrected chi connectivity index (χ3v) is 6.46. The van der Waals surface area contributed by atoms with E-state index in [1.54, 1.807) is 18.2 Å². The van der Waals surface area contributed by atoms with Crippen LogP contribution in [0.3, 0.4) is 0 Å². The minimum absolute atomic E-state index is 0.294. The lowest BCUT2D eigenvalue weighted by atomic mass is 9.91. The fourth-order valence-corrected chi connectivity index (χ4v) is 5.41. The molecule has 2 aromatic carbocycles. The van der Waals surface area contributed by atoms with Gasteiger partial charge in [-0.2, -0.15) is 0 Å². The largest absolute Gasteiger partial charge is 0.366 e. The van der Waals surface area contributed by atoms with Crippen LogP contribution in [-0.2, 0) is 9.59 Å². The van der Waals surface area contributed by atoms with E-state index < -0.39 is 0 Å². The zero-order chi connectivity index (χ0) is 22.4. The van der Waals surface area contributed by atoms with Crippen LogP contribution in [0.25, 0.3) is 5.57 Å². The van der Waals surface area contributed by atoms with Crippen LogP contribution in [0.15, 0.2) is 42.1 Å². The Bertz CT molecular complexity index is 1080. The molecule has 0 radical (unpaired) electrons. The van der Waals surface area contributed by atoms with Crippen LogP contribution >= 0.6 is 23.2 Å². The molecule has 2 aliphatic rings. The Labute approximate surface area is 193 Å². The maximum Gasteiger partial charge on any atom is 0.282 e. The highest BCUT2D eigenvalue weighted by Crippen LogP contribution is 2.40. The van der Waals surface area contributed by atoms with Gasteiger partial charge in [-0.05, 0) is 67.5 Å². The number of nitrogens with zero attached hydrogens (tertiary/aromatic N) is 2. The fourth-order valence-electron chi connectivity index (χ4n) is 4.91. The summed E-state index contributed by atoms with van der Waals surface area (Å²) in [7, 11) is 0. The lowest BCUT2D eigenvalue weighted by Gasteiger charge is -2.37. The molecular weight excluding hydrogens is 431 g/mol. The lowest BCUT2D eigenvalue weighted by Crippen LogP contribution is -2.42. The van der Waals surface area contributed by atoms with Crippen molar-refractivity contribution in [2.75, 3.05) is 18.0 Å². The third kappa shape index (κ3) is 4.11. The summed E-state index contributed by atoms with van der Waals surface area (Å²) in [5.41, 5.74) is 3.91. The summed E-state index contributed by atoms with van der Waals surface area (Å²) in [4.78, 5) is 30.8. The van der Waals surface area contributed by atoms with Crippen molar-refractivity contribution in [3.05, 3.63) is 68.8 Å². The van der Waals surface area contributed by atoms with Crippen LogP contribution in [0, 0.1) is 25.7 Å². The van der Waals surface area contributed by atoms with Crippen molar-refractivity contribution in [3.63, 3.8) is 0 Å². The Morgan fingerprint density at radius 2 is 1.48 bits per heavy atom. The molecule has 2 heterocycles. The van der Waals surface area contributed by atoms with Crippen molar-refractivity contribution >= 4 is 46.3 Å². The number of hydrogen-bond acceptors (Lipinski definition) is 3. The van der Waals surface area contributed by atoms with E-state index in [1.165, 1.54) is 4.90 Å². The number of rotatable bonds is 3. The first-order chi connectivity index (χ1) is 14.7. The fraction of sp³-hybridized carbons (Fsp3) is 0.360. The van der Waals surface area contributed by atoms with Gasteiger partial charge in [0.2, 0.25) is 0 Å². The number of carbonyl (C=O) groups excluding carboxylic acids is 2. The molecule has 6 heteroatoms. The molecule has 4 rings (SSSR count). The number of aryl methyl sites for hydroxylation is 2. The van der Waals surface area contributed by atoms with E-state index in [1.807, 2.05) is 32.0 Å². The molecule has 0 N–H and O–H groups in total. The molecule has 2 aromatic rings. The molecule has 1 saturated heterocycles. The number of benzene rings is 2. The Morgan fingerprint density at radius 3 is 2.06 bits per heavy atom. The van der Waals surface area contributed by atoms with Crippen molar-refractivity contribution in [1.29, 1.82) is 0 Å². The molecule has 162 valence electrons. The molecular formula is C25H26Cl2N2O2. The molecule has 31 heavy (non-hydrogen) atoms. The Morgan fingerprint density at radius 1 is 0.871 bits per heavy atom. The molecule has 2 aliphatic heterocycles. The Balaban J connectivity index is 1.89. The summed E-state index contributed by atoms with van der Waals surface area (Å²) < 4.78 is 0. The number of hydrogen-bond donors (Lipinski definition) is 0. The summed E-state index contributed by atoms with van der Waals surface area (Å²) in [6.45, 7) is 9.74. The van der Waals surface area contributed by atoms with Gasteiger partial charge in [0, 0.05) is 23.7 Å². The molecule has 0 bridgehead atoms. The molecule has 0 aromatic heterocycles. The van der Waals surface area contributed by atoms with Gasteiger partial charge in [-0.1, -0.05) is 49.2 Å². The summed E-state index contributed by atoms with van der Waals surface area (Å²) in [5.74, 6) is 0.213. The highest BCUT2D eigenvalue weighted by molar-refractivity contribution is 6.47. The summed E-state index contributed by atoms with van der Waals surface area (Å²) in [6, 6.07) is 10.8. The minimum Gasteiger partial charge on any atom is -0.366 e. The summed E-state index contributed by atoms with van der Waals surface area (Å²) >= 11 is 12.6. The molecule has 2 atom stereocenters. The van der Waals surface area contributed by atoms with Gasteiger partial charge >= 0.3 is 0 Å². The predicted molar refractivity (Wildman–Crippen MR) is 126 cm³/mol. The molecule has 0 saturated carbocycles. The normalized spacial score (nSPS) is 22.0. The smallest absolute Gasteiger partial charge is 0.282 e. The summed E-state index contributed by atoms with van der Waals surface area (Å²) in [6.07, 6.45) is 1.10. The molecule has 0 aliphatic carbocycles. The molecule has 2 unspecified atom stereocenters. The van der Waals surface area contributed by atoms with Crippen molar-refractivity contribution in [2.45, 2.75) is 34.1 Å². The van der Waals surface area contributed by atoms with E-state index in [9.17, 15) is 9.59 Å². The van der Waals surface area contributed by atoms with Crippen LogP contribution < -0.4 is 4.90 Å². The first-order valence-electron chi connectivity index (χ1n) is 10.6. The number of halogens is 2. The van der Waals surface area contributed by atoms with E-state index in [-0.39, 0.29) is 11.8 Å². The average Bonchev–Trinajstić information content (AvgIpc) is 2.90. The van der Waals surface area contributed by atoms with E-state index in [0.717, 1.165) is 30.6 Å². The van der Waals surface area contributed by atoms with Crippen LogP contribution in [0.2, 0.25) is 10.0 Å². The number of carbonyl (C=O) groups is 2. The van der Waals surface area contributed by atoms with Crippen molar-refractivity contribution in [2.24, 2.45) is 11.8 Å². The third-order valence-electron chi connectivity index (χ3n) is 5.91. The van der Waals surface area contributed by atoms with Crippen molar-refractivity contribution < 1.29 is 9.59 Å². The van der Waals surface area contributed by atoms with Gasteiger partial charge in [-0.15, -0.1) is 0 Å². The van der Waals surface area contributed by atoms with Gasteiger partial charge < -0.3 is 4.90 Å². The first-order valence-corrected chi connectivity index (χ1v) is 11.3. The van der Waals surface area contributed by atoms with Gasteiger partial charge in [-0.25, -0.2) is 4.90 Å².